The summed E-state index contributed by atoms with van der Waals surface area (Å²) in [4.78, 5) is 5.15. The molecule has 0 unspecified atom stereocenters. The van der Waals surface area contributed by atoms with Gasteiger partial charge in [-0.25, -0.2) is 4.98 Å². The molecule has 4 heterocycles. The van der Waals surface area contributed by atoms with Crippen molar-refractivity contribution in [1.82, 2.24) is 23.1 Å². The van der Waals surface area contributed by atoms with Gasteiger partial charge in [-0.1, -0.05) is 116 Å². The van der Waals surface area contributed by atoms with Crippen molar-refractivity contribution >= 4 is 72.6 Å². The summed E-state index contributed by atoms with van der Waals surface area (Å²) in [6.45, 7) is 6.32. The summed E-state index contributed by atoms with van der Waals surface area (Å²) in [6.07, 6.45) is 6.17. The number of para-hydroxylation sites is 7. The van der Waals surface area contributed by atoms with E-state index < -0.39 is 0 Å². The molecular formula is C50H35N5. The fraction of sp³-hybridized carbons (Fsp3) is 0.0200. The number of allylic oxidation sites excluding steroid dienone is 1. The van der Waals surface area contributed by atoms with Crippen molar-refractivity contribution in [2.75, 3.05) is 0 Å². The number of hydrogen-bond donors (Lipinski definition) is 0. The Bertz CT molecular complexity index is 3310. The quantitative estimate of drug-likeness (QED) is 0.169. The molecule has 0 spiro atoms. The Hall–Kier alpha value is -7.37. The molecule has 11 rings (SSSR count). The highest BCUT2D eigenvalue weighted by molar-refractivity contribution is 6.12. The topological polar surface area (TPSA) is 32.1 Å². The van der Waals surface area contributed by atoms with Crippen LogP contribution in [0, 0.1) is 0 Å². The van der Waals surface area contributed by atoms with Crippen LogP contribution in [0.1, 0.15) is 18.3 Å². The second kappa shape index (κ2) is 12.1. The molecule has 0 aliphatic carbocycles. The third-order valence-corrected chi connectivity index (χ3v) is 11.1. The minimum atomic E-state index is 0.860. The van der Waals surface area contributed by atoms with E-state index in [0.29, 0.717) is 0 Å². The Kier molecular flexibility index (Phi) is 6.85. The second-order valence-electron chi connectivity index (χ2n) is 14.0. The Morgan fingerprint density at radius 2 is 0.964 bits per heavy atom. The van der Waals surface area contributed by atoms with Gasteiger partial charge in [0.05, 0.1) is 55.9 Å². The van der Waals surface area contributed by atoms with Crippen LogP contribution in [0.5, 0.6) is 0 Å². The highest BCUT2D eigenvalue weighted by Crippen LogP contribution is 2.41. The van der Waals surface area contributed by atoms with Gasteiger partial charge in [0, 0.05) is 38.4 Å². The standard InChI is InChI=1S/C50H35N5/c1-3-17-49-41(4-2)52(50-51-40-23-10-16-29-48(40)55(49)50)33-30-31-47-39(32-33)38-22-9-15-28-46(38)54(47)45-27-14-8-21-37(45)36-20-7-13-26-44(36)53-42-24-11-5-18-34(42)35-19-6-12-25-43(35)53/h3-32H,2H2,1H3/b17-3-. The van der Waals surface area contributed by atoms with Gasteiger partial charge in [-0.3, -0.25) is 8.97 Å². The van der Waals surface area contributed by atoms with E-state index in [0.717, 1.165) is 61.9 Å². The molecule has 0 fully saturated rings. The molecule has 0 radical (unpaired) electrons. The molecule has 260 valence electrons. The zero-order valence-electron chi connectivity index (χ0n) is 30.3. The van der Waals surface area contributed by atoms with Crippen LogP contribution in [-0.2, 0) is 0 Å². The van der Waals surface area contributed by atoms with Crippen molar-refractivity contribution in [3.8, 4) is 28.2 Å². The third-order valence-electron chi connectivity index (χ3n) is 11.1. The predicted molar refractivity (Wildman–Crippen MR) is 231 cm³/mol. The maximum absolute atomic E-state index is 5.15. The van der Waals surface area contributed by atoms with Crippen LogP contribution in [-0.4, -0.2) is 23.1 Å². The lowest BCUT2D eigenvalue weighted by Gasteiger charge is -2.18. The summed E-state index contributed by atoms with van der Waals surface area (Å²) < 4.78 is 9.33. The molecule has 4 aromatic heterocycles. The van der Waals surface area contributed by atoms with Gasteiger partial charge in [-0.05, 0) is 79.7 Å². The summed E-state index contributed by atoms with van der Waals surface area (Å²) in [7, 11) is 0. The zero-order chi connectivity index (χ0) is 36.6. The van der Waals surface area contributed by atoms with Crippen LogP contribution < -0.4 is 0 Å². The summed E-state index contributed by atoms with van der Waals surface area (Å²) in [5.41, 5.74) is 14.4. The highest BCUT2D eigenvalue weighted by atomic mass is 15.2. The first-order chi connectivity index (χ1) is 27.2. The van der Waals surface area contributed by atoms with Crippen molar-refractivity contribution in [1.29, 1.82) is 0 Å². The van der Waals surface area contributed by atoms with Crippen LogP contribution in [0.3, 0.4) is 0 Å². The molecule has 0 saturated heterocycles. The van der Waals surface area contributed by atoms with E-state index in [1.807, 2.05) is 12.1 Å². The summed E-state index contributed by atoms with van der Waals surface area (Å²) in [6, 6.07) is 58.9. The molecule has 11 aromatic rings. The average molecular weight is 706 g/mol. The summed E-state index contributed by atoms with van der Waals surface area (Å²) in [5, 5.41) is 4.86. The maximum Gasteiger partial charge on any atom is 0.220 e. The number of rotatable bonds is 6. The van der Waals surface area contributed by atoms with Gasteiger partial charge in [0.1, 0.15) is 0 Å². The van der Waals surface area contributed by atoms with E-state index in [1.165, 1.54) is 38.1 Å². The van der Waals surface area contributed by atoms with Crippen LogP contribution >= 0.6 is 0 Å². The molecule has 7 aromatic carbocycles. The van der Waals surface area contributed by atoms with Crippen molar-refractivity contribution in [2.45, 2.75) is 6.92 Å². The Labute approximate surface area is 317 Å². The molecule has 5 heteroatoms. The molecule has 5 nitrogen and oxygen atoms in total. The Morgan fingerprint density at radius 3 is 1.55 bits per heavy atom. The first-order valence-electron chi connectivity index (χ1n) is 18.7. The SMILES string of the molecule is C=Cc1c(/C=C\C)n2c3ccccc3nc2n1-c1ccc2c(c1)c1ccccc1n2-c1ccccc1-c1ccccc1-n1c2ccccc2c2ccccc21. The van der Waals surface area contributed by atoms with Gasteiger partial charge in [0.15, 0.2) is 0 Å². The first kappa shape index (κ1) is 31.2. The van der Waals surface area contributed by atoms with Gasteiger partial charge in [-0.15, -0.1) is 0 Å². The van der Waals surface area contributed by atoms with Gasteiger partial charge < -0.3 is 9.13 Å². The second-order valence-corrected chi connectivity index (χ2v) is 14.0. The summed E-state index contributed by atoms with van der Waals surface area (Å²) >= 11 is 0. The third kappa shape index (κ3) is 4.44. The number of aromatic nitrogens is 5. The van der Waals surface area contributed by atoms with Crippen molar-refractivity contribution in [3.05, 3.63) is 188 Å². The molecule has 55 heavy (non-hydrogen) atoms. The van der Waals surface area contributed by atoms with Crippen LogP contribution in [0.4, 0.5) is 0 Å². The smallest absolute Gasteiger partial charge is 0.220 e. The molecule has 0 atom stereocenters. The van der Waals surface area contributed by atoms with Gasteiger partial charge in [-0.2, -0.15) is 0 Å². The van der Waals surface area contributed by atoms with Gasteiger partial charge in [0.25, 0.3) is 0 Å². The molecule has 0 aliphatic rings. The number of nitrogens with zero attached hydrogens (tertiary/aromatic N) is 5. The van der Waals surface area contributed by atoms with Crippen molar-refractivity contribution in [2.24, 2.45) is 0 Å². The summed E-state index contributed by atoms with van der Waals surface area (Å²) in [5.74, 6) is 0.860. The van der Waals surface area contributed by atoms with E-state index in [1.54, 1.807) is 0 Å². The number of hydrogen-bond acceptors (Lipinski definition) is 1. The fourth-order valence-corrected chi connectivity index (χ4v) is 8.84. The van der Waals surface area contributed by atoms with Crippen molar-refractivity contribution in [3.63, 3.8) is 0 Å². The number of imidazole rings is 2. The van der Waals surface area contributed by atoms with Gasteiger partial charge in [0.2, 0.25) is 5.78 Å². The van der Waals surface area contributed by atoms with E-state index in [9.17, 15) is 0 Å². The van der Waals surface area contributed by atoms with Crippen LogP contribution in [0.2, 0.25) is 0 Å². The fourth-order valence-electron chi connectivity index (χ4n) is 8.84. The minimum absolute atomic E-state index is 0.860. The molecule has 0 saturated carbocycles. The van der Waals surface area contributed by atoms with Crippen molar-refractivity contribution < 1.29 is 0 Å². The lowest BCUT2D eigenvalue weighted by Crippen LogP contribution is -2.01. The molecule has 0 amide bonds. The molecule has 0 aliphatic heterocycles. The zero-order valence-corrected chi connectivity index (χ0v) is 30.3. The molecule has 0 bridgehead atoms. The monoisotopic (exact) mass is 705 g/mol. The molecular weight excluding hydrogens is 671 g/mol. The van der Waals surface area contributed by atoms with Crippen LogP contribution in [0.15, 0.2) is 176 Å². The molecule has 0 N–H and O–H groups in total. The first-order valence-corrected chi connectivity index (χ1v) is 18.7. The van der Waals surface area contributed by atoms with E-state index in [-0.39, 0.29) is 0 Å². The maximum atomic E-state index is 5.15. The van der Waals surface area contributed by atoms with E-state index in [4.69, 9.17) is 4.98 Å². The van der Waals surface area contributed by atoms with E-state index >= 15 is 0 Å². The average Bonchev–Trinajstić information content (AvgIpc) is 3.96. The van der Waals surface area contributed by atoms with E-state index in [2.05, 4.69) is 201 Å². The number of benzene rings is 7. The normalized spacial score (nSPS) is 12.1. The highest BCUT2D eigenvalue weighted by Gasteiger charge is 2.23. The lowest BCUT2D eigenvalue weighted by molar-refractivity contribution is 1.07. The number of fused-ring (bicyclic) bond motifs is 9. The van der Waals surface area contributed by atoms with Gasteiger partial charge >= 0.3 is 0 Å². The predicted octanol–water partition coefficient (Wildman–Crippen LogP) is 12.8. The Balaban J connectivity index is 1.16. The largest absolute Gasteiger partial charge is 0.309 e. The minimum Gasteiger partial charge on any atom is -0.309 e. The van der Waals surface area contributed by atoms with Crippen LogP contribution in [0.25, 0.3) is 101 Å². The Morgan fingerprint density at radius 1 is 0.473 bits per heavy atom. The lowest BCUT2D eigenvalue weighted by atomic mass is 10.0.